The van der Waals surface area contributed by atoms with E-state index in [1.807, 2.05) is 30.3 Å². The van der Waals surface area contributed by atoms with E-state index in [9.17, 15) is 14.4 Å². The Labute approximate surface area is 208 Å². The molecule has 0 heterocycles. The van der Waals surface area contributed by atoms with Crippen LogP contribution in [0.25, 0.3) is 0 Å². The van der Waals surface area contributed by atoms with Crippen molar-refractivity contribution in [3.63, 3.8) is 0 Å². The molecule has 1 aromatic rings. The normalized spacial score (nSPS) is 40.1. The van der Waals surface area contributed by atoms with Crippen molar-refractivity contribution < 1.29 is 19.5 Å². The van der Waals surface area contributed by atoms with Crippen molar-refractivity contribution in [3.05, 3.63) is 35.9 Å². The first-order chi connectivity index (χ1) is 16.7. The minimum Gasteiger partial charge on any atom is -0.480 e. The fourth-order valence-electron chi connectivity index (χ4n) is 9.06. The molecule has 0 bridgehead atoms. The predicted molar refractivity (Wildman–Crippen MR) is 134 cm³/mol. The van der Waals surface area contributed by atoms with Crippen LogP contribution in [-0.2, 0) is 9.59 Å². The van der Waals surface area contributed by atoms with Crippen molar-refractivity contribution in [2.24, 2.45) is 40.4 Å². The Morgan fingerprint density at radius 2 is 1.63 bits per heavy atom. The van der Waals surface area contributed by atoms with E-state index in [0.717, 1.165) is 44.1 Å². The van der Waals surface area contributed by atoms with Gasteiger partial charge >= 0.3 is 5.97 Å². The molecule has 35 heavy (non-hydrogen) atoms. The average molecular weight is 481 g/mol. The first-order valence-electron chi connectivity index (χ1n) is 13.6. The van der Waals surface area contributed by atoms with Crippen molar-refractivity contribution in [3.8, 4) is 0 Å². The van der Waals surface area contributed by atoms with Gasteiger partial charge < -0.3 is 15.7 Å². The van der Waals surface area contributed by atoms with Gasteiger partial charge in [-0.15, -0.1) is 0 Å². The van der Waals surface area contributed by atoms with Crippen LogP contribution in [0, 0.1) is 40.4 Å². The van der Waals surface area contributed by atoms with Gasteiger partial charge in [0.25, 0.3) is 5.91 Å². The summed E-state index contributed by atoms with van der Waals surface area (Å²) in [5.74, 6) is 1.39. The summed E-state index contributed by atoms with van der Waals surface area (Å²) in [4.78, 5) is 36.7. The van der Waals surface area contributed by atoms with Gasteiger partial charge in [0.15, 0.2) is 0 Å². The number of hydrogen-bond acceptors (Lipinski definition) is 3. The third-order valence-electron chi connectivity index (χ3n) is 10.7. The number of hydrogen-bond donors (Lipinski definition) is 3. The van der Waals surface area contributed by atoms with Gasteiger partial charge in [-0.05, 0) is 104 Å². The third-order valence-corrected chi connectivity index (χ3v) is 10.7. The molecular weight excluding hydrogens is 440 g/mol. The van der Waals surface area contributed by atoms with Crippen molar-refractivity contribution in [2.75, 3.05) is 6.54 Å². The maximum atomic E-state index is 12.9. The Morgan fingerprint density at radius 1 is 0.914 bits per heavy atom. The molecule has 190 valence electrons. The molecule has 6 nitrogen and oxygen atoms in total. The van der Waals surface area contributed by atoms with Crippen LogP contribution in [0.4, 0.5) is 0 Å². The zero-order chi connectivity index (χ0) is 24.8. The maximum Gasteiger partial charge on any atom is 0.322 e. The highest BCUT2D eigenvalue weighted by Crippen LogP contribution is 2.67. The molecule has 4 fully saturated rings. The van der Waals surface area contributed by atoms with E-state index in [2.05, 4.69) is 24.5 Å². The smallest absolute Gasteiger partial charge is 0.322 e. The van der Waals surface area contributed by atoms with Crippen molar-refractivity contribution in [2.45, 2.75) is 77.7 Å². The number of carboxylic acid groups (broad SMARTS) is 1. The Hall–Kier alpha value is -2.37. The minimum absolute atomic E-state index is 0.0345. The monoisotopic (exact) mass is 480 g/mol. The summed E-state index contributed by atoms with van der Waals surface area (Å²) in [6.07, 6.45) is 9.88. The van der Waals surface area contributed by atoms with Crippen LogP contribution in [0.5, 0.6) is 0 Å². The first-order valence-corrected chi connectivity index (χ1v) is 13.6. The number of benzene rings is 1. The average Bonchev–Trinajstić information content (AvgIpc) is 3.20. The van der Waals surface area contributed by atoms with Crippen LogP contribution in [-0.4, -0.2) is 35.5 Å². The summed E-state index contributed by atoms with van der Waals surface area (Å²) in [5, 5.41) is 15.0. The largest absolute Gasteiger partial charge is 0.480 e. The zero-order valence-corrected chi connectivity index (χ0v) is 21.1. The highest BCUT2D eigenvalue weighted by Gasteiger charge is 2.61. The molecule has 4 aliphatic carbocycles. The van der Waals surface area contributed by atoms with Crippen molar-refractivity contribution in [1.29, 1.82) is 0 Å². The second-order valence-corrected chi connectivity index (χ2v) is 12.3. The highest BCUT2D eigenvalue weighted by atomic mass is 16.4. The molecule has 1 aromatic carbocycles. The van der Waals surface area contributed by atoms with Crippen molar-refractivity contribution in [1.82, 2.24) is 10.6 Å². The van der Waals surface area contributed by atoms with Gasteiger partial charge in [-0.2, -0.15) is 0 Å². The minimum atomic E-state index is -0.987. The lowest BCUT2D eigenvalue weighted by molar-refractivity contribution is -0.142. The van der Waals surface area contributed by atoms with E-state index in [-0.39, 0.29) is 41.1 Å². The molecule has 0 spiro atoms. The van der Waals surface area contributed by atoms with Gasteiger partial charge in [-0.1, -0.05) is 32.0 Å². The zero-order valence-electron chi connectivity index (χ0n) is 21.1. The lowest BCUT2D eigenvalue weighted by atomic mass is 9.44. The van der Waals surface area contributed by atoms with E-state index in [1.54, 1.807) is 0 Å². The fourth-order valence-corrected chi connectivity index (χ4v) is 9.06. The van der Waals surface area contributed by atoms with Gasteiger partial charge in [0.1, 0.15) is 6.54 Å². The molecule has 0 aromatic heterocycles. The van der Waals surface area contributed by atoms with Crippen molar-refractivity contribution >= 4 is 17.8 Å². The number of amides is 2. The summed E-state index contributed by atoms with van der Waals surface area (Å²) in [6.45, 7) is 4.49. The number of fused-ring (bicyclic) bond motifs is 5. The molecule has 0 saturated heterocycles. The van der Waals surface area contributed by atoms with E-state index < -0.39 is 5.97 Å². The molecule has 0 unspecified atom stereocenters. The van der Waals surface area contributed by atoms with Gasteiger partial charge in [0, 0.05) is 17.5 Å². The van der Waals surface area contributed by atoms with Crippen LogP contribution in [0.3, 0.4) is 0 Å². The second kappa shape index (κ2) is 9.25. The molecule has 0 radical (unpaired) electrons. The molecule has 3 N–H and O–H groups in total. The van der Waals surface area contributed by atoms with E-state index in [1.165, 1.54) is 19.3 Å². The summed E-state index contributed by atoms with van der Waals surface area (Å²) in [6, 6.07) is 9.73. The molecule has 2 amide bonds. The summed E-state index contributed by atoms with van der Waals surface area (Å²) in [5.41, 5.74) is 0.913. The standard InChI is InChI=1S/C29H40N2O4/c1-28-15-14-23-21(22(28)12-13-24(28)27(35)30-17-25(32)33)11-9-19-8-10-20(16-29(19,23)2)31-26(34)18-6-4-3-5-7-18/h3-7,19-24H,8-17H2,1-2H3,(H,30,35)(H,31,34)(H,32,33)/t19-,20-,21+,22+,23-,24-,28+,29+/m1/s1. The summed E-state index contributed by atoms with van der Waals surface area (Å²) < 4.78 is 0. The Morgan fingerprint density at radius 3 is 2.37 bits per heavy atom. The summed E-state index contributed by atoms with van der Waals surface area (Å²) in [7, 11) is 0. The molecule has 4 aliphatic rings. The Kier molecular flexibility index (Phi) is 6.43. The van der Waals surface area contributed by atoms with Gasteiger partial charge in [0.05, 0.1) is 0 Å². The third kappa shape index (κ3) is 4.27. The lowest BCUT2D eigenvalue weighted by Crippen LogP contribution is -2.56. The summed E-state index contributed by atoms with van der Waals surface area (Å²) >= 11 is 0. The highest BCUT2D eigenvalue weighted by molar-refractivity contribution is 5.94. The van der Waals surface area contributed by atoms with Crippen LogP contribution >= 0.6 is 0 Å². The molecule has 5 rings (SSSR count). The molecule has 0 aliphatic heterocycles. The molecular formula is C29H40N2O4. The fraction of sp³-hybridized carbons (Fsp3) is 0.690. The number of carboxylic acids is 1. The van der Waals surface area contributed by atoms with E-state index in [0.29, 0.717) is 23.7 Å². The van der Waals surface area contributed by atoms with Gasteiger partial charge in [-0.25, -0.2) is 0 Å². The number of carbonyl (C=O) groups excluding carboxylic acids is 2. The first kappa shape index (κ1) is 24.3. The number of rotatable bonds is 5. The van der Waals surface area contributed by atoms with Crippen LogP contribution < -0.4 is 10.6 Å². The van der Waals surface area contributed by atoms with Crippen LogP contribution in [0.15, 0.2) is 30.3 Å². The van der Waals surface area contributed by atoms with Gasteiger partial charge in [0.2, 0.25) is 5.91 Å². The number of carbonyl (C=O) groups is 3. The molecule has 6 heteroatoms. The van der Waals surface area contributed by atoms with E-state index >= 15 is 0 Å². The van der Waals surface area contributed by atoms with Gasteiger partial charge in [-0.3, -0.25) is 14.4 Å². The molecule has 4 saturated carbocycles. The molecule has 8 atom stereocenters. The van der Waals surface area contributed by atoms with Crippen LogP contribution in [0.2, 0.25) is 0 Å². The number of nitrogens with one attached hydrogen (secondary N) is 2. The maximum absolute atomic E-state index is 12.9. The predicted octanol–water partition coefficient (Wildman–Crippen LogP) is 4.64. The lowest BCUT2D eigenvalue weighted by Gasteiger charge is -2.61. The van der Waals surface area contributed by atoms with Crippen LogP contribution in [0.1, 0.15) is 82.0 Å². The van der Waals surface area contributed by atoms with E-state index in [4.69, 9.17) is 5.11 Å². The Balaban J connectivity index is 1.30. The Bertz CT molecular complexity index is 980. The number of aliphatic carboxylic acids is 1. The topological polar surface area (TPSA) is 95.5 Å². The second-order valence-electron chi connectivity index (χ2n) is 12.3. The quantitative estimate of drug-likeness (QED) is 0.572. The SMILES string of the molecule is C[C@]12C[C@H](NC(=O)c3ccccc3)CC[C@@H]1CC[C@@H]1[C@H]2CC[C@]2(C)[C@@H](C(=O)NCC(=O)O)CC[C@@H]12.